The zero-order valence-corrected chi connectivity index (χ0v) is 10.2. The Morgan fingerprint density at radius 1 is 1.67 bits per heavy atom. The van der Waals surface area contributed by atoms with Crippen LogP contribution in [-0.2, 0) is 11.3 Å². The van der Waals surface area contributed by atoms with Crippen LogP contribution in [0.25, 0.3) is 0 Å². The molecule has 0 spiro atoms. The zero-order chi connectivity index (χ0) is 13.1. The topological polar surface area (TPSA) is 89.5 Å². The summed E-state index contributed by atoms with van der Waals surface area (Å²) >= 11 is 0. The number of likely N-dealkylation sites (tertiary alicyclic amines) is 1. The number of hydrogen-bond donors (Lipinski definition) is 2. The molecule has 7 heteroatoms. The number of carbonyl (C=O) groups is 2. The summed E-state index contributed by atoms with van der Waals surface area (Å²) in [6, 6.07) is -0.965. The third-order valence-electron chi connectivity index (χ3n) is 3.05. The molecule has 1 unspecified atom stereocenters. The van der Waals surface area contributed by atoms with Gasteiger partial charge in [0.05, 0.1) is 6.54 Å². The highest BCUT2D eigenvalue weighted by molar-refractivity contribution is 5.83. The normalized spacial score (nSPS) is 18.9. The first-order valence-electron chi connectivity index (χ1n) is 5.82. The lowest BCUT2D eigenvalue weighted by Gasteiger charge is -2.27. The molecule has 7 nitrogen and oxygen atoms in total. The summed E-state index contributed by atoms with van der Waals surface area (Å²) in [5.74, 6) is -0.260. The number of hydrogen-bond acceptors (Lipinski definition) is 3. The number of carbonyl (C=O) groups excluding carboxylic acids is 1. The molecule has 98 valence electrons. The molecule has 0 bridgehead atoms. The monoisotopic (exact) mass is 252 g/mol. The lowest BCUT2D eigenvalue weighted by molar-refractivity contribution is -0.141. The summed E-state index contributed by atoms with van der Waals surface area (Å²) in [5, 5.41) is 9.04. The number of rotatable bonds is 3. The van der Waals surface area contributed by atoms with E-state index in [2.05, 4.69) is 9.97 Å². The molecule has 1 atom stereocenters. The number of nitrogens with zero attached hydrogens (tertiary/aromatic N) is 3. The predicted octanol–water partition coefficient (Wildman–Crippen LogP) is 0.510. The van der Waals surface area contributed by atoms with Gasteiger partial charge < -0.3 is 19.9 Å². The van der Waals surface area contributed by atoms with Crippen molar-refractivity contribution in [1.82, 2.24) is 19.8 Å². The third-order valence-corrected chi connectivity index (χ3v) is 3.05. The summed E-state index contributed by atoms with van der Waals surface area (Å²) in [5.41, 5.74) is 0. The van der Waals surface area contributed by atoms with Gasteiger partial charge in [-0.05, 0) is 12.8 Å². The number of H-pyrrole nitrogens is 1. The first-order valence-corrected chi connectivity index (χ1v) is 5.82. The number of aromatic nitrogens is 2. The number of carboxylic acids is 1. The molecule has 2 amide bonds. The van der Waals surface area contributed by atoms with Gasteiger partial charge in [0.25, 0.3) is 0 Å². The number of urea groups is 1. The molecule has 2 heterocycles. The Bertz CT molecular complexity index is 432. The van der Waals surface area contributed by atoms with E-state index in [4.69, 9.17) is 5.11 Å². The highest BCUT2D eigenvalue weighted by Crippen LogP contribution is 2.19. The van der Waals surface area contributed by atoms with E-state index in [9.17, 15) is 9.59 Å². The first-order chi connectivity index (χ1) is 8.59. The average Bonchev–Trinajstić information content (AvgIpc) is 2.97. The Kier molecular flexibility index (Phi) is 3.50. The molecule has 2 rings (SSSR count). The van der Waals surface area contributed by atoms with Crippen LogP contribution in [0.1, 0.15) is 18.7 Å². The fourth-order valence-corrected chi connectivity index (χ4v) is 2.15. The molecule has 1 aromatic heterocycles. The maximum Gasteiger partial charge on any atom is 0.326 e. The van der Waals surface area contributed by atoms with E-state index >= 15 is 0 Å². The van der Waals surface area contributed by atoms with Crippen molar-refractivity contribution >= 4 is 12.0 Å². The van der Waals surface area contributed by atoms with Crippen LogP contribution in [0.15, 0.2) is 12.4 Å². The molecule has 1 saturated heterocycles. The quantitative estimate of drug-likeness (QED) is 0.820. The van der Waals surface area contributed by atoms with Crippen LogP contribution in [0.5, 0.6) is 0 Å². The number of amides is 2. The molecule has 0 radical (unpaired) electrons. The Hall–Kier alpha value is -2.05. The van der Waals surface area contributed by atoms with E-state index in [1.54, 1.807) is 19.4 Å². The standard InChI is InChI=1S/C11H16N4O3/c1-14(7-9-12-4-5-13-9)11(18)15-6-2-3-8(15)10(16)17/h4-5,8H,2-3,6-7H2,1H3,(H,12,13)(H,16,17). The molecule has 18 heavy (non-hydrogen) atoms. The lowest BCUT2D eigenvalue weighted by atomic mass is 10.2. The van der Waals surface area contributed by atoms with Gasteiger partial charge in [-0.2, -0.15) is 0 Å². The van der Waals surface area contributed by atoms with Crippen LogP contribution in [0.3, 0.4) is 0 Å². The van der Waals surface area contributed by atoms with E-state index in [1.807, 2.05) is 0 Å². The SMILES string of the molecule is CN(Cc1ncc[nH]1)C(=O)N1CCCC1C(=O)O. The van der Waals surface area contributed by atoms with E-state index in [0.29, 0.717) is 25.3 Å². The summed E-state index contributed by atoms with van der Waals surface area (Å²) in [4.78, 5) is 33.0. The minimum atomic E-state index is -0.938. The van der Waals surface area contributed by atoms with E-state index in [1.165, 1.54) is 9.80 Å². The molecule has 1 aliphatic heterocycles. The van der Waals surface area contributed by atoms with Crippen molar-refractivity contribution in [2.45, 2.75) is 25.4 Å². The fraction of sp³-hybridized carbons (Fsp3) is 0.545. The Morgan fingerprint density at radius 2 is 2.44 bits per heavy atom. The summed E-state index contributed by atoms with van der Waals surface area (Å²) in [6.45, 7) is 0.840. The van der Waals surface area contributed by atoms with Crippen molar-refractivity contribution in [1.29, 1.82) is 0 Å². The van der Waals surface area contributed by atoms with Gasteiger partial charge in [0.1, 0.15) is 11.9 Å². The van der Waals surface area contributed by atoms with Crippen molar-refractivity contribution in [3.05, 3.63) is 18.2 Å². The van der Waals surface area contributed by atoms with Crippen LogP contribution < -0.4 is 0 Å². The van der Waals surface area contributed by atoms with Gasteiger partial charge in [-0.25, -0.2) is 14.6 Å². The van der Waals surface area contributed by atoms with Crippen LogP contribution in [0.2, 0.25) is 0 Å². The van der Waals surface area contributed by atoms with Gasteiger partial charge in [0.15, 0.2) is 0 Å². The maximum atomic E-state index is 12.1. The number of aromatic amines is 1. The lowest BCUT2D eigenvalue weighted by Crippen LogP contribution is -2.46. The Balaban J connectivity index is 1.99. The second-order valence-electron chi connectivity index (χ2n) is 4.36. The molecule has 0 saturated carbocycles. The molecule has 1 fully saturated rings. The Labute approximate surface area is 104 Å². The van der Waals surface area contributed by atoms with Crippen LogP contribution in [0.4, 0.5) is 4.79 Å². The van der Waals surface area contributed by atoms with Gasteiger partial charge in [-0.15, -0.1) is 0 Å². The molecule has 0 aliphatic carbocycles. The molecule has 1 aliphatic rings. The van der Waals surface area contributed by atoms with Crippen molar-refractivity contribution in [3.8, 4) is 0 Å². The van der Waals surface area contributed by atoms with Crippen molar-refractivity contribution in [3.63, 3.8) is 0 Å². The minimum absolute atomic E-state index is 0.267. The summed E-state index contributed by atoms with van der Waals surface area (Å²) < 4.78 is 0. The molecular weight excluding hydrogens is 236 g/mol. The van der Waals surface area contributed by atoms with Crippen LogP contribution in [0, 0.1) is 0 Å². The number of imidazole rings is 1. The fourth-order valence-electron chi connectivity index (χ4n) is 2.15. The van der Waals surface area contributed by atoms with E-state index in [0.717, 1.165) is 6.42 Å². The van der Waals surface area contributed by atoms with Gasteiger partial charge in [0, 0.05) is 26.0 Å². The molecule has 1 aromatic rings. The average molecular weight is 252 g/mol. The number of carboxylic acid groups (broad SMARTS) is 1. The van der Waals surface area contributed by atoms with Gasteiger partial charge in [-0.1, -0.05) is 0 Å². The first kappa shape index (κ1) is 12.4. The van der Waals surface area contributed by atoms with Crippen LogP contribution in [-0.4, -0.2) is 56.5 Å². The van der Waals surface area contributed by atoms with Crippen LogP contribution >= 0.6 is 0 Å². The van der Waals surface area contributed by atoms with Gasteiger partial charge in [-0.3, -0.25) is 0 Å². The maximum absolute atomic E-state index is 12.1. The van der Waals surface area contributed by atoms with E-state index in [-0.39, 0.29) is 6.03 Å². The van der Waals surface area contributed by atoms with Crippen molar-refractivity contribution < 1.29 is 14.7 Å². The highest BCUT2D eigenvalue weighted by atomic mass is 16.4. The predicted molar refractivity (Wildman–Crippen MR) is 62.8 cm³/mol. The van der Waals surface area contributed by atoms with Gasteiger partial charge in [0.2, 0.25) is 0 Å². The second-order valence-corrected chi connectivity index (χ2v) is 4.36. The van der Waals surface area contributed by atoms with Gasteiger partial charge >= 0.3 is 12.0 Å². The summed E-state index contributed by atoms with van der Waals surface area (Å²) in [6.07, 6.45) is 4.56. The number of nitrogens with one attached hydrogen (secondary N) is 1. The zero-order valence-electron chi connectivity index (χ0n) is 10.2. The largest absolute Gasteiger partial charge is 0.480 e. The minimum Gasteiger partial charge on any atom is -0.480 e. The molecule has 0 aromatic carbocycles. The van der Waals surface area contributed by atoms with Crippen molar-refractivity contribution in [2.24, 2.45) is 0 Å². The second kappa shape index (κ2) is 5.07. The third kappa shape index (κ3) is 2.44. The smallest absolute Gasteiger partial charge is 0.326 e. The molecule has 2 N–H and O–H groups in total. The van der Waals surface area contributed by atoms with E-state index < -0.39 is 12.0 Å². The highest BCUT2D eigenvalue weighted by Gasteiger charge is 2.35. The summed E-state index contributed by atoms with van der Waals surface area (Å²) in [7, 11) is 1.64. The molecular formula is C11H16N4O3. The Morgan fingerprint density at radius 3 is 3.06 bits per heavy atom. The number of aliphatic carboxylic acids is 1. The van der Waals surface area contributed by atoms with Crippen molar-refractivity contribution in [2.75, 3.05) is 13.6 Å².